The molecule has 0 N–H and O–H groups in total. The fraction of sp³-hybridized carbons (Fsp3) is 0. The third-order valence-electron chi connectivity index (χ3n) is 0.976. The molecule has 0 spiro atoms. The molecule has 0 heterocycles. The van der Waals surface area contributed by atoms with Crippen LogP contribution in [0.3, 0.4) is 0 Å². The highest BCUT2D eigenvalue weighted by Crippen LogP contribution is 2.02. The average molecular weight is 175 g/mol. The normalized spacial score (nSPS) is 9.56. The van der Waals surface area contributed by atoms with E-state index in [1.54, 1.807) is 0 Å². The highest BCUT2D eigenvalue weighted by molar-refractivity contribution is 7.02. The summed E-state index contributed by atoms with van der Waals surface area (Å²) in [4.78, 5) is 0. The van der Waals surface area contributed by atoms with Crippen LogP contribution in [-0.2, 0) is 0 Å². The van der Waals surface area contributed by atoms with Crippen molar-refractivity contribution in [2.24, 2.45) is 0 Å². The minimum Gasteiger partial charge on any atom is -0.165 e. The maximum Gasteiger partial charge on any atom is 0.211 e. The van der Waals surface area contributed by atoms with Crippen LogP contribution < -0.4 is 5.19 Å². The molecular weight excluding hydrogens is 171 g/mol. The van der Waals surface area contributed by atoms with Gasteiger partial charge in [-0.15, -0.1) is 0 Å². The second kappa shape index (κ2) is 3.25. The molecule has 46 valence electrons. The maximum absolute atomic E-state index is 5.75. The second-order valence-electron chi connectivity index (χ2n) is 1.57. The predicted molar refractivity (Wildman–Crippen MR) is 42.7 cm³/mol. The van der Waals surface area contributed by atoms with E-state index < -0.39 is 0 Å². The van der Waals surface area contributed by atoms with Gasteiger partial charge < -0.3 is 0 Å². The Morgan fingerprint density at radius 2 is 1.89 bits per heavy atom. The molecule has 0 nitrogen and oxygen atoms in total. The van der Waals surface area contributed by atoms with Crippen molar-refractivity contribution >= 4 is 36.7 Å². The van der Waals surface area contributed by atoms with E-state index in [1.165, 1.54) is 0 Å². The summed E-state index contributed by atoms with van der Waals surface area (Å²) < 4.78 is 0. The van der Waals surface area contributed by atoms with Crippen molar-refractivity contribution in [2.75, 3.05) is 0 Å². The number of hydrogen-bond donors (Lipinski definition) is 0. The summed E-state index contributed by atoms with van der Waals surface area (Å²) in [7, 11) is 0.269. The monoisotopic (exact) mass is 174 g/mol. The molecule has 9 heavy (non-hydrogen) atoms. The van der Waals surface area contributed by atoms with Gasteiger partial charge >= 0.3 is 0 Å². The van der Waals surface area contributed by atoms with Gasteiger partial charge in [-0.05, 0) is 11.3 Å². The topological polar surface area (TPSA) is 0 Å². The zero-order valence-electron chi connectivity index (χ0n) is 4.57. The molecule has 0 aliphatic carbocycles. The molecule has 1 aromatic rings. The quantitative estimate of drug-likeness (QED) is 0.451. The average Bonchev–Trinajstić information content (AvgIpc) is 1.89. The first-order valence-corrected chi connectivity index (χ1v) is 4.85. The second-order valence-corrected chi connectivity index (χ2v) is 3.28. The van der Waals surface area contributed by atoms with Gasteiger partial charge in [0.25, 0.3) is 0 Å². The van der Waals surface area contributed by atoms with E-state index in [-0.39, 0.29) is 8.83 Å². The number of halogens is 2. The standard InChI is InChI=1S/C6H4Cl2Si/c7-5-3-1-2-4-6(5)9-8/h1-4H. The molecule has 0 saturated heterocycles. The van der Waals surface area contributed by atoms with Gasteiger partial charge in [-0.25, -0.2) is 0 Å². The van der Waals surface area contributed by atoms with Crippen LogP contribution in [0.4, 0.5) is 0 Å². The highest BCUT2D eigenvalue weighted by Gasteiger charge is 1.95. The van der Waals surface area contributed by atoms with E-state index in [2.05, 4.69) is 0 Å². The lowest BCUT2D eigenvalue weighted by atomic mass is 10.4. The Labute approximate surface area is 66.3 Å². The van der Waals surface area contributed by atoms with E-state index in [4.69, 9.17) is 22.7 Å². The molecule has 0 unspecified atom stereocenters. The molecule has 0 aliphatic heterocycles. The molecule has 3 heteroatoms. The van der Waals surface area contributed by atoms with E-state index in [1.807, 2.05) is 24.3 Å². The fourth-order valence-electron chi connectivity index (χ4n) is 0.538. The van der Waals surface area contributed by atoms with Crippen molar-refractivity contribution in [1.29, 1.82) is 0 Å². The Kier molecular flexibility index (Phi) is 2.58. The number of hydrogen-bond acceptors (Lipinski definition) is 0. The highest BCUT2D eigenvalue weighted by atomic mass is 35.6. The Morgan fingerprint density at radius 1 is 1.22 bits per heavy atom. The van der Waals surface area contributed by atoms with Crippen molar-refractivity contribution < 1.29 is 0 Å². The number of rotatable bonds is 1. The molecule has 0 atom stereocenters. The van der Waals surface area contributed by atoms with Gasteiger partial charge in [0, 0.05) is 5.02 Å². The van der Waals surface area contributed by atoms with Gasteiger partial charge in [0.15, 0.2) is 0 Å². The van der Waals surface area contributed by atoms with Crippen molar-refractivity contribution in [3.63, 3.8) is 0 Å². The van der Waals surface area contributed by atoms with Crippen molar-refractivity contribution in [1.82, 2.24) is 0 Å². The molecule has 0 amide bonds. The summed E-state index contributed by atoms with van der Waals surface area (Å²) in [6, 6.07) is 7.58. The molecule has 0 bridgehead atoms. The van der Waals surface area contributed by atoms with Gasteiger partial charge in [-0.3, -0.25) is 0 Å². The summed E-state index contributed by atoms with van der Waals surface area (Å²) in [6.45, 7) is 0. The SMILES string of the molecule is Cl[Si]c1ccccc1Cl. The molecule has 0 aromatic heterocycles. The van der Waals surface area contributed by atoms with Crippen LogP contribution in [0.5, 0.6) is 0 Å². The fourth-order valence-corrected chi connectivity index (χ4v) is 1.79. The zero-order chi connectivity index (χ0) is 6.69. The molecule has 1 rings (SSSR count). The van der Waals surface area contributed by atoms with Crippen LogP contribution >= 0.6 is 22.7 Å². The van der Waals surface area contributed by atoms with E-state index >= 15 is 0 Å². The zero-order valence-corrected chi connectivity index (χ0v) is 7.08. The molecule has 0 saturated carbocycles. The van der Waals surface area contributed by atoms with Crippen LogP contribution in [-0.4, -0.2) is 8.83 Å². The number of benzene rings is 1. The molecule has 1 aromatic carbocycles. The molecule has 2 radical (unpaired) electrons. The van der Waals surface area contributed by atoms with Gasteiger partial charge in [0.05, 0.1) is 0 Å². The molecule has 0 aliphatic rings. The van der Waals surface area contributed by atoms with E-state index in [9.17, 15) is 0 Å². The third kappa shape index (κ3) is 1.71. The lowest BCUT2D eigenvalue weighted by Crippen LogP contribution is -2.08. The summed E-state index contributed by atoms with van der Waals surface area (Å²) >= 11 is 11.3. The lowest BCUT2D eigenvalue weighted by molar-refractivity contribution is 1.77. The summed E-state index contributed by atoms with van der Waals surface area (Å²) in [5.41, 5.74) is 0. The smallest absolute Gasteiger partial charge is 0.165 e. The Bertz CT molecular complexity index is 200. The van der Waals surface area contributed by atoms with Crippen LogP contribution in [0.15, 0.2) is 24.3 Å². The Hall–Kier alpha value is 0.0169. The van der Waals surface area contributed by atoms with E-state index in [0.717, 1.165) is 10.2 Å². The first-order chi connectivity index (χ1) is 4.34. The van der Waals surface area contributed by atoms with Crippen LogP contribution in [0.25, 0.3) is 0 Å². The largest absolute Gasteiger partial charge is 0.211 e. The van der Waals surface area contributed by atoms with Gasteiger partial charge in [-0.1, -0.05) is 29.8 Å². The van der Waals surface area contributed by atoms with Crippen LogP contribution in [0, 0.1) is 0 Å². The minimum absolute atomic E-state index is 0.269. The minimum atomic E-state index is 0.269. The van der Waals surface area contributed by atoms with Crippen LogP contribution in [0.2, 0.25) is 5.02 Å². The maximum atomic E-state index is 5.75. The summed E-state index contributed by atoms with van der Waals surface area (Å²) in [6.07, 6.45) is 0. The molecular formula is C6H4Cl2Si. The van der Waals surface area contributed by atoms with Crippen molar-refractivity contribution in [3.8, 4) is 0 Å². The van der Waals surface area contributed by atoms with Crippen molar-refractivity contribution in [3.05, 3.63) is 29.3 Å². The predicted octanol–water partition coefficient (Wildman–Crippen LogP) is 1.82. The Balaban J connectivity index is 3.01. The van der Waals surface area contributed by atoms with Gasteiger partial charge in [0.1, 0.15) is 0 Å². The van der Waals surface area contributed by atoms with Crippen molar-refractivity contribution in [2.45, 2.75) is 0 Å². The van der Waals surface area contributed by atoms with E-state index in [0.29, 0.717) is 0 Å². The van der Waals surface area contributed by atoms with Gasteiger partial charge in [0.2, 0.25) is 8.83 Å². The first-order valence-electron chi connectivity index (χ1n) is 2.46. The van der Waals surface area contributed by atoms with Gasteiger partial charge in [-0.2, -0.15) is 11.1 Å². The summed E-state index contributed by atoms with van der Waals surface area (Å²) in [5, 5.41) is 1.77. The van der Waals surface area contributed by atoms with Crippen LogP contribution in [0.1, 0.15) is 0 Å². The first kappa shape index (κ1) is 7.13. The Morgan fingerprint density at radius 3 is 2.33 bits per heavy atom. The third-order valence-corrected chi connectivity index (χ3v) is 2.71. The molecule has 0 fully saturated rings. The summed E-state index contributed by atoms with van der Waals surface area (Å²) in [5.74, 6) is 0. The lowest BCUT2D eigenvalue weighted by Gasteiger charge is -1.93.